The van der Waals surface area contributed by atoms with E-state index in [0.717, 1.165) is 45.0 Å². The van der Waals surface area contributed by atoms with E-state index in [0.29, 0.717) is 6.04 Å². The summed E-state index contributed by atoms with van der Waals surface area (Å²) in [4.78, 5) is 4.73. The summed E-state index contributed by atoms with van der Waals surface area (Å²) >= 11 is 0. The topological polar surface area (TPSA) is 56.6 Å². The highest BCUT2D eigenvalue weighted by Crippen LogP contribution is 2.24. The number of nitrogens with one attached hydrogen (secondary N) is 1. The maximum atomic E-state index is 9.04. The van der Waals surface area contributed by atoms with Gasteiger partial charge in [-0.1, -0.05) is 13.8 Å². The van der Waals surface area contributed by atoms with Crippen LogP contribution < -0.4 is 10.2 Å². The highest BCUT2D eigenvalue weighted by molar-refractivity contribution is 5.50. The van der Waals surface area contributed by atoms with E-state index in [1.165, 1.54) is 11.4 Å². The van der Waals surface area contributed by atoms with Crippen LogP contribution in [0.5, 0.6) is 0 Å². The monoisotopic (exact) mass is 295 g/mol. The Morgan fingerprint density at radius 1 is 1.24 bits per heavy atom. The van der Waals surface area contributed by atoms with E-state index in [1.54, 1.807) is 0 Å². The minimum Gasteiger partial charge on any atom is -0.395 e. The minimum atomic E-state index is 0.244. The number of hydrogen-bond acceptors (Lipinski definition) is 5. The Hall–Kier alpha value is -1.11. The van der Waals surface area contributed by atoms with Crippen molar-refractivity contribution in [1.82, 2.24) is 20.0 Å². The molecule has 0 spiro atoms. The van der Waals surface area contributed by atoms with Crippen molar-refractivity contribution in [2.24, 2.45) is 7.05 Å². The Bertz CT molecular complexity index is 449. The Balaban J connectivity index is 2.09. The number of piperazine rings is 1. The van der Waals surface area contributed by atoms with Crippen molar-refractivity contribution < 1.29 is 5.11 Å². The van der Waals surface area contributed by atoms with Crippen LogP contribution in [0.3, 0.4) is 0 Å². The minimum absolute atomic E-state index is 0.244. The smallest absolute Gasteiger partial charge is 0.131 e. The fourth-order valence-electron chi connectivity index (χ4n) is 2.92. The van der Waals surface area contributed by atoms with E-state index >= 15 is 0 Å². The van der Waals surface area contributed by atoms with Gasteiger partial charge in [0, 0.05) is 57.9 Å². The summed E-state index contributed by atoms with van der Waals surface area (Å²) in [6, 6.07) is 0.471. The van der Waals surface area contributed by atoms with Gasteiger partial charge in [0.2, 0.25) is 0 Å². The first-order valence-corrected chi connectivity index (χ1v) is 7.87. The third-order valence-corrected chi connectivity index (χ3v) is 4.09. The zero-order valence-electron chi connectivity index (χ0n) is 13.8. The molecule has 1 aliphatic rings. The SMILES string of the molecule is Cc1nn(C)c(N2CCN(CCO)CC2)c1CNC(C)C. The van der Waals surface area contributed by atoms with E-state index in [4.69, 9.17) is 5.11 Å². The number of aryl methyl sites for hydroxylation is 2. The van der Waals surface area contributed by atoms with Gasteiger partial charge in [-0.2, -0.15) is 5.10 Å². The van der Waals surface area contributed by atoms with Crippen molar-refractivity contribution in [1.29, 1.82) is 0 Å². The van der Waals surface area contributed by atoms with Crippen LogP contribution in [0, 0.1) is 6.92 Å². The molecular formula is C15H29N5O. The second kappa shape index (κ2) is 7.24. The van der Waals surface area contributed by atoms with Gasteiger partial charge in [0.15, 0.2) is 0 Å². The van der Waals surface area contributed by atoms with Gasteiger partial charge in [-0.15, -0.1) is 0 Å². The third-order valence-electron chi connectivity index (χ3n) is 4.09. The average Bonchev–Trinajstić information content (AvgIpc) is 2.72. The number of aliphatic hydroxyl groups excluding tert-OH is 1. The Morgan fingerprint density at radius 3 is 2.48 bits per heavy atom. The maximum absolute atomic E-state index is 9.04. The molecule has 1 aromatic rings. The molecule has 1 aromatic heterocycles. The lowest BCUT2D eigenvalue weighted by Gasteiger charge is -2.36. The number of anilines is 1. The van der Waals surface area contributed by atoms with Crippen molar-refractivity contribution in [2.45, 2.75) is 33.4 Å². The van der Waals surface area contributed by atoms with Gasteiger partial charge >= 0.3 is 0 Å². The first-order chi connectivity index (χ1) is 10.0. The van der Waals surface area contributed by atoms with E-state index < -0.39 is 0 Å². The van der Waals surface area contributed by atoms with E-state index in [-0.39, 0.29) is 6.61 Å². The highest BCUT2D eigenvalue weighted by atomic mass is 16.3. The second-order valence-corrected chi connectivity index (χ2v) is 6.10. The zero-order chi connectivity index (χ0) is 15.4. The molecule has 0 aliphatic carbocycles. The Kier molecular flexibility index (Phi) is 5.61. The third kappa shape index (κ3) is 3.96. The molecule has 6 nitrogen and oxygen atoms in total. The fourth-order valence-corrected chi connectivity index (χ4v) is 2.92. The summed E-state index contributed by atoms with van der Waals surface area (Å²) in [5.74, 6) is 1.24. The highest BCUT2D eigenvalue weighted by Gasteiger charge is 2.23. The van der Waals surface area contributed by atoms with Crippen molar-refractivity contribution in [3.63, 3.8) is 0 Å². The van der Waals surface area contributed by atoms with Gasteiger partial charge in [-0.05, 0) is 6.92 Å². The van der Waals surface area contributed by atoms with Crippen molar-refractivity contribution >= 4 is 5.82 Å². The van der Waals surface area contributed by atoms with Crippen LogP contribution in [-0.4, -0.2) is 65.2 Å². The van der Waals surface area contributed by atoms with E-state index in [2.05, 4.69) is 41.0 Å². The summed E-state index contributed by atoms with van der Waals surface area (Å²) in [5, 5.41) is 17.1. The van der Waals surface area contributed by atoms with Gasteiger partial charge in [-0.25, -0.2) is 0 Å². The fraction of sp³-hybridized carbons (Fsp3) is 0.800. The number of β-amino-alcohol motifs (C(OH)–C–C–N with tert-alkyl or cyclic N) is 1. The largest absolute Gasteiger partial charge is 0.395 e. The van der Waals surface area contributed by atoms with Gasteiger partial charge < -0.3 is 15.3 Å². The summed E-state index contributed by atoms with van der Waals surface area (Å²) in [6.07, 6.45) is 0. The number of rotatable bonds is 6. The van der Waals surface area contributed by atoms with Gasteiger partial charge in [0.05, 0.1) is 12.3 Å². The van der Waals surface area contributed by atoms with Crippen LogP contribution in [0.1, 0.15) is 25.1 Å². The van der Waals surface area contributed by atoms with Crippen molar-refractivity contribution in [3.8, 4) is 0 Å². The lowest BCUT2D eigenvalue weighted by atomic mass is 10.2. The van der Waals surface area contributed by atoms with Crippen LogP contribution in [0.25, 0.3) is 0 Å². The molecule has 0 unspecified atom stereocenters. The van der Waals surface area contributed by atoms with Crippen LogP contribution in [0.4, 0.5) is 5.82 Å². The molecule has 0 atom stereocenters. The normalized spacial score (nSPS) is 17.0. The van der Waals surface area contributed by atoms with Crippen molar-refractivity contribution in [2.75, 3.05) is 44.2 Å². The molecule has 21 heavy (non-hydrogen) atoms. The van der Waals surface area contributed by atoms with Crippen LogP contribution in [-0.2, 0) is 13.6 Å². The summed E-state index contributed by atoms with van der Waals surface area (Å²) < 4.78 is 2.01. The predicted octanol–water partition coefficient (Wildman–Crippen LogP) is 0.341. The Labute approximate surface area is 127 Å². The molecule has 2 heterocycles. The number of aromatic nitrogens is 2. The number of hydrogen-bond donors (Lipinski definition) is 2. The summed E-state index contributed by atoms with van der Waals surface area (Å²) in [6.45, 7) is 12.3. The molecule has 2 rings (SSSR count). The molecule has 0 radical (unpaired) electrons. The first-order valence-electron chi connectivity index (χ1n) is 7.87. The standard InChI is InChI=1S/C15H29N5O/c1-12(2)16-11-14-13(3)17-18(4)15(14)20-7-5-19(6-8-20)9-10-21/h12,16,21H,5-11H2,1-4H3. The molecule has 120 valence electrons. The molecular weight excluding hydrogens is 266 g/mol. The van der Waals surface area contributed by atoms with Crippen LogP contribution in [0.15, 0.2) is 0 Å². The first kappa shape index (κ1) is 16.3. The summed E-state index contributed by atoms with van der Waals surface area (Å²) in [7, 11) is 2.03. The van der Waals surface area contributed by atoms with Crippen LogP contribution in [0.2, 0.25) is 0 Å². The van der Waals surface area contributed by atoms with Crippen molar-refractivity contribution in [3.05, 3.63) is 11.3 Å². The number of aliphatic hydroxyl groups is 1. The zero-order valence-corrected chi connectivity index (χ0v) is 13.8. The van der Waals surface area contributed by atoms with E-state index in [9.17, 15) is 0 Å². The molecule has 0 bridgehead atoms. The van der Waals surface area contributed by atoms with Gasteiger partial charge in [0.1, 0.15) is 5.82 Å². The molecule has 1 fully saturated rings. The summed E-state index contributed by atoms with van der Waals surface area (Å²) in [5.41, 5.74) is 2.42. The van der Waals surface area contributed by atoms with E-state index in [1.807, 2.05) is 11.7 Å². The molecule has 0 saturated carbocycles. The van der Waals surface area contributed by atoms with Gasteiger partial charge in [-0.3, -0.25) is 9.58 Å². The molecule has 6 heteroatoms. The van der Waals surface area contributed by atoms with Gasteiger partial charge in [0.25, 0.3) is 0 Å². The maximum Gasteiger partial charge on any atom is 0.131 e. The molecule has 1 aliphatic heterocycles. The lowest BCUT2D eigenvalue weighted by Crippen LogP contribution is -2.48. The molecule has 0 amide bonds. The molecule has 0 aromatic carbocycles. The number of nitrogens with zero attached hydrogens (tertiary/aromatic N) is 4. The molecule has 1 saturated heterocycles. The molecule has 2 N–H and O–H groups in total. The average molecular weight is 295 g/mol. The quantitative estimate of drug-likeness (QED) is 0.793. The Morgan fingerprint density at radius 2 is 1.90 bits per heavy atom. The van der Waals surface area contributed by atoms with Crippen LogP contribution >= 0.6 is 0 Å². The lowest BCUT2D eigenvalue weighted by molar-refractivity contribution is 0.188. The predicted molar refractivity (Wildman–Crippen MR) is 85.7 cm³/mol. The second-order valence-electron chi connectivity index (χ2n) is 6.10.